The van der Waals surface area contributed by atoms with E-state index in [9.17, 15) is 0 Å². The molecule has 116 valence electrons. The van der Waals surface area contributed by atoms with E-state index in [0.29, 0.717) is 23.0 Å². The third kappa shape index (κ3) is 2.57. The highest BCUT2D eigenvalue weighted by Crippen LogP contribution is 2.32. The fourth-order valence-corrected chi connectivity index (χ4v) is 2.97. The smallest absolute Gasteiger partial charge is 0.222 e. The summed E-state index contributed by atoms with van der Waals surface area (Å²) in [7, 11) is 0. The van der Waals surface area contributed by atoms with E-state index in [1.54, 1.807) is 0 Å². The summed E-state index contributed by atoms with van der Waals surface area (Å²) in [5, 5.41) is 14.0. The Morgan fingerprint density at radius 1 is 1.08 bits per heavy atom. The van der Waals surface area contributed by atoms with Crippen molar-refractivity contribution < 1.29 is 0 Å². The van der Waals surface area contributed by atoms with E-state index in [0.717, 1.165) is 16.8 Å². The average Bonchev–Trinajstić information content (AvgIpc) is 3.10. The standard InChI is InChI=1S/C18H12ClN5/c19-15-7-5-13(6-8-15)16-9-17(24-18(23-16)21-11-22-24)14-3-1-12(10-20)2-4-14/h1-8,11,17H,9H2. The molecule has 1 unspecified atom stereocenters. The molecule has 2 heterocycles. The molecule has 0 fully saturated rings. The number of hydrogen-bond acceptors (Lipinski definition) is 4. The van der Waals surface area contributed by atoms with Crippen molar-refractivity contribution in [3.05, 3.63) is 76.6 Å². The summed E-state index contributed by atoms with van der Waals surface area (Å²) in [5.74, 6) is 0.584. The predicted octanol–water partition coefficient (Wildman–Crippen LogP) is 3.92. The number of aliphatic imine (C=N–C) groups is 1. The van der Waals surface area contributed by atoms with Gasteiger partial charge in [-0.2, -0.15) is 15.3 Å². The number of benzene rings is 2. The molecule has 0 spiro atoms. The first-order chi connectivity index (χ1) is 11.7. The van der Waals surface area contributed by atoms with E-state index in [4.69, 9.17) is 16.9 Å². The molecule has 2 aromatic carbocycles. The Morgan fingerprint density at radius 2 is 1.83 bits per heavy atom. The van der Waals surface area contributed by atoms with E-state index < -0.39 is 0 Å². The van der Waals surface area contributed by atoms with Gasteiger partial charge in [-0.25, -0.2) is 9.67 Å². The lowest BCUT2D eigenvalue weighted by Crippen LogP contribution is -2.21. The molecular formula is C18H12ClN5. The fourth-order valence-electron chi connectivity index (χ4n) is 2.84. The summed E-state index contributed by atoms with van der Waals surface area (Å²) >= 11 is 5.97. The molecule has 1 aromatic heterocycles. The Balaban J connectivity index is 1.75. The molecule has 0 amide bonds. The summed E-state index contributed by atoms with van der Waals surface area (Å²) in [6.07, 6.45) is 2.21. The van der Waals surface area contributed by atoms with Crippen LogP contribution in [-0.2, 0) is 0 Å². The topological polar surface area (TPSA) is 66.9 Å². The van der Waals surface area contributed by atoms with Crippen molar-refractivity contribution in [1.82, 2.24) is 14.8 Å². The zero-order chi connectivity index (χ0) is 16.5. The SMILES string of the molecule is N#Cc1ccc(C2CC(c3ccc(Cl)cc3)=Nc3ncnn32)cc1. The minimum absolute atomic E-state index is 0.00146. The Hall–Kier alpha value is -2.97. The number of hydrogen-bond donors (Lipinski definition) is 0. The molecule has 0 radical (unpaired) electrons. The van der Waals surface area contributed by atoms with Gasteiger partial charge in [-0.05, 0) is 35.4 Å². The molecule has 24 heavy (non-hydrogen) atoms. The molecule has 5 nitrogen and oxygen atoms in total. The van der Waals surface area contributed by atoms with Gasteiger partial charge in [0.2, 0.25) is 5.95 Å². The van der Waals surface area contributed by atoms with Gasteiger partial charge >= 0.3 is 0 Å². The number of nitrogens with zero attached hydrogens (tertiary/aromatic N) is 5. The van der Waals surface area contributed by atoms with Crippen LogP contribution in [0.3, 0.4) is 0 Å². The molecule has 0 bridgehead atoms. The molecule has 3 aromatic rings. The molecule has 1 aliphatic rings. The molecule has 0 saturated carbocycles. The number of aromatic nitrogens is 3. The fraction of sp³-hybridized carbons (Fsp3) is 0.111. The highest BCUT2D eigenvalue weighted by Gasteiger charge is 2.26. The Labute approximate surface area is 143 Å². The van der Waals surface area contributed by atoms with E-state index >= 15 is 0 Å². The van der Waals surface area contributed by atoms with Crippen molar-refractivity contribution in [2.24, 2.45) is 4.99 Å². The molecular weight excluding hydrogens is 322 g/mol. The van der Waals surface area contributed by atoms with Crippen LogP contribution in [0.15, 0.2) is 59.9 Å². The van der Waals surface area contributed by atoms with E-state index in [2.05, 4.69) is 21.1 Å². The highest BCUT2D eigenvalue weighted by molar-refractivity contribution is 6.30. The monoisotopic (exact) mass is 333 g/mol. The van der Waals surface area contributed by atoms with E-state index in [1.807, 2.05) is 53.2 Å². The number of fused-ring (bicyclic) bond motifs is 1. The van der Waals surface area contributed by atoms with Gasteiger partial charge in [-0.1, -0.05) is 35.9 Å². The first-order valence-corrected chi connectivity index (χ1v) is 7.85. The summed E-state index contributed by atoms with van der Waals surface area (Å²) in [6, 6.07) is 17.3. The Morgan fingerprint density at radius 3 is 2.54 bits per heavy atom. The van der Waals surface area contributed by atoms with Crippen molar-refractivity contribution in [2.75, 3.05) is 0 Å². The molecule has 6 heteroatoms. The lowest BCUT2D eigenvalue weighted by Gasteiger charge is -2.23. The third-order valence-electron chi connectivity index (χ3n) is 4.07. The largest absolute Gasteiger partial charge is 0.248 e. The van der Waals surface area contributed by atoms with Crippen molar-refractivity contribution in [2.45, 2.75) is 12.5 Å². The summed E-state index contributed by atoms with van der Waals surface area (Å²) in [6.45, 7) is 0. The van der Waals surface area contributed by atoms with Gasteiger partial charge in [0.15, 0.2) is 0 Å². The van der Waals surface area contributed by atoms with Gasteiger partial charge in [-0.3, -0.25) is 0 Å². The maximum Gasteiger partial charge on any atom is 0.248 e. The van der Waals surface area contributed by atoms with Gasteiger partial charge in [-0.15, -0.1) is 0 Å². The quantitative estimate of drug-likeness (QED) is 0.714. The minimum atomic E-state index is -0.00146. The molecule has 1 atom stereocenters. The second-order valence-electron chi connectivity index (χ2n) is 5.52. The Kier molecular flexibility index (Phi) is 3.60. The number of halogens is 1. The van der Waals surface area contributed by atoms with Crippen molar-refractivity contribution in [3.63, 3.8) is 0 Å². The van der Waals surface area contributed by atoms with Crippen LogP contribution in [0.4, 0.5) is 5.95 Å². The summed E-state index contributed by atoms with van der Waals surface area (Å²) in [5.41, 5.74) is 3.68. The van der Waals surface area contributed by atoms with Crippen LogP contribution >= 0.6 is 11.6 Å². The van der Waals surface area contributed by atoms with Crippen LogP contribution in [0.1, 0.15) is 29.2 Å². The molecule has 0 saturated heterocycles. The number of nitriles is 1. The first kappa shape index (κ1) is 14.6. The molecule has 1 aliphatic heterocycles. The molecule has 4 rings (SSSR count). The van der Waals surface area contributed by atoms with Crippen LogP contribution in [0.5, 0.6) is 0 Å². The van der Waals surface area contributed by atoms with Crippen molar-refractivity contribution >= 4 is 23.3 Å². The number of rotatable bonds is 2. The molecule has 0 aliphatic carbocycles. The maximum atomic E-state index is 8.97. The van der Waals surface area contributed by atoms with Crippen molar-refractivity contribution in [1.29, 1.82) is 5.26 Å². The normalized spacial score (nSPS) is 16.2. The van der Waals surface area contributed by atoms with Crippen molar-refractivity contribution in [3.8, 4) is 6.07 Å². The average molecular weight is 334 g/mol. The van der Waals surface area contributed by atoms with Gasteiger partial charge in [0.1, 0.15) is 6.33 Å². The van der Waals surface area contributed by atoms with E-state index in [1.165, 1.54) is 6.33 Å². The lowest BCUT2D eigenvalue weighted by molar-refractivity contribution is 0.531. The van der Waals surface area contributed by atoms with Crippen LogP contribution < -0.4 is 0 Å². The second kappa shape index (κ2) is 5.91. The van der Waals surface area contributed by atoms with Gasteiger partial charge in [0.05, 0.1) is 23.4 Å². The van der Waals surface area contributed by atoms with E-state index in [-0.39, 0.29) is 6.04 Å². The lowest BCUT2D eigenvalue weighted by atomic mass is 9.95. The van der Waals surface area contributed by atoms with Crippen LogP contribution in [-0.4, -0.2) is 20.5 Å². The first-order valence-electron chi connectivity index (χ1n) is 7.47. The minimum Gasteiger partial charge on any atom is -0.222 e. The predicted molar refractivity (Wildman–Crippen MR) is 91.6 cm³/mol. The zero-order valence-electron chi connectivity index (χ0n) is 12.6. The zero-order valence-corrected chi connectivity index (χ0v) is 13.4. The third-order valence-corrected chi connectivity index (χ3v) is 4.33. The van der Waals surface area contributed by atoms with Gasteiger partial charge < -0.3 is 0 Å². The maximum absolute atomic E-state index is 8.97. The Bertz CT molecular complexity index is 948. The van der Waals surface area contributed by atoms with Crippen LogP contribution in [0.2, 0.25) is 5.02 Å². The summed E-state index contributed by atoms with van der Waals surface area (Å²) in [4.78, 5) is 8.87. The van der Waals surface area contributed by atoms with Gasteiger partial charge in [0.25, 0.3) is 0 Å². The molecule has 0 N–H and O–H groups in total. The van der Waals surface area contributed by atoms with Crippen LogP contribution in [0.25, 0.3) is 0 Å². The second-order valence-corrected chi connectivity index (χ2v) is 5.96. The highest BCUT2D eigenvalue weighted by atomic mass is 35.5. The van der Waals surface area contributed by atoms with Gasteiger partial charge in [0, 0.05) is 11.4 Å². The summed E-state index contributed by atoms with van der Waals surface area (Å²) < 4.78 is 1.82. The van der Waals surface area contributed by atoms with Crippen LogP contribution in [0, 0.1) is 11.3 Å².